The number of fused-ring (bicyclic) bond motifs is 4. The van der Waals surface area contributed by atoms with Gasteiger partial charge < -0.3 is 26.1 Å². The molecule has 10 heteroatoms. The van der Waals surface area contributed by atoms with E-state index in [1.807, 2.05) is 20.8 Å². The number of methoxy groups -OCH3 is 1. The van der Waals surface area contributed by atoms with Gasteiger partial charge in [-0.25, -0.2) is 9.78 Å². The number of imidazole rings is 1. The average molecular weight is 454 g/mol. The minimum absolute atomic E-state index is 0.135. The van der Waals surface area contributed by atoms with Gasteiger partial charge in [-0.3, -0.25) is 10.1 Å². The van der Waals surface area contributed by atoms with E-state index in [4.69, 9.17) is 5.73 Å². The van der Waals surface area contributed by atoms with Crippen LogP contribution in [0, 0.1) is 11.3 Å². The zero-order chi connectivity index (χ0) is 24.2. The first-order chi connectivity index (χ1) is 15.6. The molecule has 0 saturated carbocycles. The number of nitrogens with two attached hydrogens (primary N) is 1. The van der Waals surface area contributed by atoms with E-state index in [-0.39, 0.29) is 17.6 Å². The zero-order valence-electron chi connectivity index (χ0n) is 19.4. The summed E-state index contributed by atoms with van der Waals surface area (Å²) in [5.41, 5.74) is 8.29. The Kier molecular flexibility index (Phi) is 7.23. The minimum atomic E-state index is -0.615. The van der Waals surface area contributed by atoms with Gasteiger partial charge in [0.25, 0.3) is 0 Å². The standard InChI is InChI=1S/C23H31N7O3/c1-23(2,3)30-21(31)16-8-6-5-7-15(25)20-28-18(12-24)19(29-20)14-10-9-13(11-17(14)27-16)26-22(32)33-4/h9-11,15-16,27H,5-8,25H2,1-4H3,(H,26,32)(H,28,29)(H,30,31)/t15-,16+/m0/s1. The predicted molar refractivity (Wildman–Crippen MR) is 125 cm³/mol. The van der Waals surface area contributed by atoms with E-state index in [9.17, 15) is 14.9 Å². The quantitative estimate of drug-likeness (QED) is 0.466. The number of hydrogen-bond donors (Lipinski definition) is 5. The predicted octanol–water partition coefficient (Wildman–Crippen LogP) is 3.40. The number of carbonyl (C=O) groups is 2. The van der Waals surface area contributed by atoms with Gasteiger partial charge in [0.2, 0.25) is 5.91 Å². The Hall–Kier alpha value is -3.58. The molecule has 2 atom stereocenters. The number of carbonyl (C=O) groups excluding carboxylic acids is 2. The lowest BCUT2D eigenvalue weighted by molar-refractivity contribution is -0.123. The highest BCUT2D eigenvalue weighted by atomic mass is 16.5. The molecule has 176 valence electrons. The van der Waals surface area contributed by atoms with Gasteiger partial charge in [-0.15, -0.1) is 0 Å². The van der Waals surface area contributed by atoms with Crippen LogP contribution >= 0.6 is 0 Å². The van der Waals surface area contributed by atoms with E-state index >= 15 is 0 Å². The number of hydrogen-bond acceptors (Lipinski definition) is 7. The highest BCUT2D eigenvalue weighted by Crippen LogP contribution is 2.34. The Morgan fingerprint density at radius 1 is 1.27 bits per heavy atom. The molecular formula is C23H31N7O3. The Bertz CT molecular complexity index is 1060. The minimum Gasteiger partial charge on any atom is -0.453 e. The monoisotopic (exact) mass is 453 g/mol. The second-order valence-electron chi connectivity index (χ2n) is 9.16. The highest BCUT2D eigenvalue weighted by molar-refractivity contribution is 5.91. The summed E-state index contributed by atoms with van der Waals surface area (Å²) in [6.07, 6.45) is 2.23. The number of aromatic nitrogens is 2. The van der Waals surface area contributed by atoms with Crippen LogP contribution in [-0.4, -0.2) is 40.7 Å². The van der Waals surface area contributed by atoms with Gasteiger partial charge in [0.05, 0.1) is 13.2 Å². The molecule has 2 aromatic rings. The van der Waals surface area contributed by atoms with Crippen LogP contribution in [0.15, 0.2) is 18.2 Å². The van der Waals surface area contributed by atoms with Crippen LogP contribution in [0.1, 0.15) is 64.0 Å². The van der Waals surface area contributed by atoms with Crippen molar-refractivity contribution in [1.29, 1.82) is 5.26 Å². The molecule has 0 saturated heterocycles. The number of aromatic amines is 1. The number of anilines is 2. The SMILES string of the molecule is COC(=O)Nc1ccc2c(c1)N[C@@H](C(=O)NC(C)(C)C)CCCC[C@H](N)c1nc-2c(C#N)[nH]1. The lowest BCUT2D eigenvalue weighted by atomic mass is 10.0. The molecule has 0 aliphatic carbocycles. The lowest BCUT2D eigenvalue weighted by Gasteiger charge is -2.27. The third kappa shape index (κ3) is 6.02. The second kappa shape index (κ2) is 9.92. The van der Waals surface area contributed by atoms with Crippen LogP contribution in [0.3, 0.4) is 0 Å². The molecule has 2 heterocycles. The normalized spacial score (nSPS) is 18.4. The fraction of sp³-hybridized carbons (Fsp3) is 0.478. The van der Waals surface area contributed by atoms with E-state index in [2.05, 4.69) is 36.7 Å². The van der Waals surface area contributed by atoms with E-state index < -0.39 is 17.7 Å². The molecule has 33 heavy (non-hydrogen) atoms. The van der Waals surface area contributed by atoms with Gasteiger partial charge in [-0.1, -0.05) is 12.8 Å². The summed E-state index contributed by atoms with van der Waals surface area (Å²) >= 11 is 0. The molecule has 2 bridgehead atoms. The molecule has 0 unspecified atom stereocenters. The first-order valence-electron chi connectivity index (χ1n) is 10.9. The number of nitriles is 1. The number of H-pyrrole nitrogens is 1. The van der Waals surface area contributed by atoms with Crippen molar-refractivity contribution in [1.82, 2.24) is 15.3 Å². The van der Waals surface area contributed by atoms with Crippen LogP contribution in [0.25, 0.3) is 11.3 Å². The number of rotatable bonds is 2. The van der Waals surface area contributed by atoms with Crippen molar-refractivity contribution < 1.29 is 14.3 Å². The van der Waals surface area contributed by atoms with Crippen LogP contribution in [0.2, 0.25) is 0 Å². The largest absolute Gasteiger partial charge is 0.453 e. The summed E-state index contributed by atoms with van der Waals surface area (Å²) in [4.78, 5) is 32.5. The van der Waals surface area contributed by atoms with Crippen LogP contribution < -0.4 is 21.7 Å². The van der Waals surface area contributed by atoms with Crippen molar-refractivity contribution in [3.63, 3.8) is 0 Å². The summed E-state index contributed by atoms with van der Waals surface area (Å²) in [6.45, 7) is 5.78. The zero-order valence-corrected chi connectivity index (χ0v) is 19.4. The van der Waals surface area contributed by atoms with Crippen molar-refractivity contribution in [2.45, 2.75) is 64.1 Å². The van der Waals surface area contributed by atoms with Gasteiger partial charge in [0, 0.05) is 22.5 Å². The molecule has 1 aromatic carbocycles. The molecule has 1 aliphatic heterocycles. The third-order valence-corrected chi connectivity index (χ3v) is 5.29. The second-order valence-corrected chi connectivity index (χ2v) is 9.16. The fourth-order valence-electron chi connectivity index (χ4n) is 3.72. The Morgan fingerprint density at radius 3 is 2.67 bits per heavy atom. The summed E-state index contributed by atoms with van der Waals surface area (Å²) in [7, 11) is 1.28. The maximum absolute atomic E-state index is 13.1. The number of nitrogens with one attached hydrogen (secondary N) is 4. The molecule has 1 aliphatic rings. The Morgan fingerprint density at radius 2 is 2.00 bits per heavy atom. The van der Waals surface area contributed by atoms with Crippen LogP contribution in [0.4, 0.5) is 16.2 Å². The molecule has 0 fully saturated rings. The highest BCUT2D eigenvalue weighted by Gasteiger charge is 2.26. The Balaban J connectivity index is 2.11. The van der Waals surface area contributed by atoms with E-state index in [0.717, 1.165) is 12.8 Å². The van der Waals surface area contributed by atoms with E-state index in [0.29, 0.717) is 41.3 Å². The molecule has 2 amide bonds. The first-order valence-corrected chi connectivity index (χ1v) is 10.9. The molecule has 6 N–H and O–H groups in total. The summed E-state index contributed by atoms with van der Waals surface area (Å²) in [5, 5.41) is 18.7. The summed E-state index contributed by atoms with van der Waals surface area (Å²) in [6, 6.07) is 6.39. The van der Waals surface area contributed by atoms with Crippen molar-refractivity contribution in [2.75, 3.05) is 17.7 Å². The molecule has 3 rings (SSSR count). The summed E-state index contributed by atoms with van der Waals surface area (Å²) in [5.74, 6) is 0.413. The molecule has 10 nitrogen and oxygen atoms in total. The van der Waals surface area contributed by atoms with E-state index in [1.165, 1.54) is 7.11 Å². The topological polar surface area (TPSA) is 158 Å². The maximum Gasteiger partial charge on any atom is 0.411 e. The van der Waals surface area contributed by atoms with Crippen molar-refractivity contribution >= 4 is 23.4 Å². The Labute approximate surface area is 193 Å². The van der Waals surface area contributed by atoms with Crippen molar-refractivity contribution in [3.8, 4) is 17.3 Å². The van der Waals surface area contributed by atoms with Crippen molar-refractivity contribution in [2.24, 2.45) is 5.73 Å². The number of ether oxygens (including phenoxy) is 1. The van der Waals surface area contributed by atoms with Crippen molar-refractivity contribution in [3.05, 3.63) is 29.7 Å². The molecule has 0 radical (unpaired) electrons. The molecule has 1 aromatic heterocycles. The summed E-state index contributed by atoms with van der Waals surface area (Å²) < 4.78 is 4.69. The number of nitrogens with zero attached hydrogens (tertiary/aromatic N) is 2. The van der Waals surface area contributed by atoms with Gasteiger partial charge in [0.1, 0.15) is 29.3 Å². The van der Waals surface area contributed by atoms with E-state index in [1.54, 1.807) is 18.2 Å². The molecular weight excluding hydrogens is 422 g/mol. The van der Waals surface area contributed by atoms with Gasteiger partial charge in [0.15, 0.2) is 0 Å². The van der Waals surface area contributed by atoms with Crippen LogP contribution in [0.5, 0.6) is 0 Å². The van der Waals surface area contributed by atoms with Crippen LogP contribution in [-0.2, 0) is 9.53 Å². The number of amides is 2. The maximum atomic E-state index is 13.1. The lowest BCUT2D eigenvalue weighted by Crippen LogP contribution is -2.48. The third-order valence-electron chi connectivity index (χ3n) is 5.29. The first kappa shape index (κ1) is 24.1. The molecule has 0 spiro atoms. The van der Waals surface area contributed by atoms with Gasteiger partial charge in [-0.2, -0.15) is 5.26 Å². The number of benzene rings is 1. The average Bonchev–Trinajstić information content (AvgIpc) is 3.18. The van der Waals surface area contributed by atoms with Gasteiger partial charge in [-0.05, 0) is 51.8 Å². The fourth-order valence-corrected chi connectivity index (χ4v) is 3.72. The smallest absolute Gasteiger partial charge is 0.411 e. The van der Waals surface area contributed by atoms with Gasteiger partial charge >= 0.3 is 6.09 Å².